The number of halogens is 3. The molecule has 3 rings (SSSR count). The van der Waals surface area contributed by atoms with Gasteiger partial charge in [0, 0.05) is 21.2 Å². The number of nitrogens with zero attached hydrogens (tertiary/aromatic N) is 1. The average Bonchev–Trinajstić information content (AvgIpc) is 2.69. The van der Waals surface area contributed by atoms with Gasteiger partial charge >= 0.3 is 0 Å². The molecule has 0 spiro atoms. The number of rotatable bonds is 6. The molecule has 4 nitrogen and oxygen atoms in total. The third-order valence-corrected chi connectivity index (χ3v) is 4.58. The van der Waals surface area contributed by atoms with Gasteiger partial charge in [0.1, 0.15) is 12.4 Å². The fraction of sp³-hybridized carbons (Fsp3) is 0.0476. The van der Waals surface area contributed by atoms with Crippen molar-refractivity contribution in [1.29, 1.82) is 0 Å². The van der Waals surface area contributed by atoms with Crippen LogP contribution in [0.15, 0.2) is 71.8 Å². The van der Waals surface area contributed by atoms with E-state index in [0.29, 0.717) is 38.6 Å². The van der Waals surface area contributed by atoms with Gasteiger partial charge in [-0.05, 0) is 54.1 Å². The number of benzene rings is 3. The minimum atomic E-state index is -0.342. The van der Waals surface area contributed by atoms with E-state index in [9.17, 15) is 4.79 Å². The van der Waals surface area contributed by atoms with Crippen LogP contribution in [-0.2, 0) is 6.61 Å². The lowest BCUT2D eigenvalue weighted by atomic mass is 10.2. The molecule has 0 aliphatic rings. The Hall–Kier alpha value is -2.53. The largest absolute Gasteiger partial charge is 0.489 e. The quantitative estimate of drug-likeness (QED) is 0.383. The normalized spacial score (nSPS) is 10.8. The first-order chi connectivity index (χ1) is 13.5. The maximum absolute atomic E-state index is 12.2. The topological polar surface area (TPSA) is 50.7 Å². The van der Waals surface area contributed by atoms with Gasteiger partial charge in [0.15, 0.2) is 0 Å². The molecule has 3 aromatic carbocycles. The van der Waals surface area contributed by atoms with E-state index in [0.717, 1.165) is 5.56 Å². The summed E-state index contributed by atoms with van der Waals surface area (Å²) in [5, 5.41) is 5.58. The van der Waals surface area contributed by atoms with E-state index < -0.39 is 0 Å². The van der Waals surface area contributed by atoms with E-state index in [1.807, 2.05) is 24.3 Å². The van der Waals surface area contributed by atoms with Gasteiger partial charge in [-0.15, -0.1) is 0 Å². The summed E-state index contributed by atoms with van der Waals surface area (Å²) >= 11 is 17.8. The highest BCUT2D eigenvalue weighted by molar-refractivity contribution is 6.36. The lowest BCUT2D eigenvalue weighted by molar-refractivity contribution is 0.0955. The number of carbonyl (C=O) groups excluding carboxylic acids is 1. The first kappa shape index (κ1) is 20.2. The van der Waals surface area contributed by atoms with Crippen LogP contribution in [-0.4, -0.2) is 12.1 Å². The SMILES string of the molecule is O=C(N/N=C/c1ccc(Cl)cc1Cl)c1ccc(OCc2ccc(Cl)cc2)cc1. The summed E-state index contributed by atoms with van der Waals surface area (Å²) in [6, 6.07) is 19.2. The van der Waals surface area contributed by atoms with Crippen molar-refractivity contribution in [2.75, 3.05) is 0 Å². The standard InChI is InChI=1S/C21H15Cl3N2O2/c22-17-6-1-14(2-7-17)13-28-19-9-4-15(5-10-19)21(27)26-25-12-16-3-8-18(23)11-20(16)24/h1-12H,13H2,(H,26,27)/b25-12+. The predicted molar refractivity (Wildman–Crippen MR) is 114 cm³/mol. The van der Waals surface area contributed by atoms with Crippen molar-refractivity contribution in [2.24, 2.45) is 5.10 Å². The smallest absolute Gasteiger partial charge is 0.271 e. The molecule has 0 aromatic heterocycles. The van der Waals surface area contributed by atoms with Gasteiger partial charge in [-0.1, -0.05) is 53.0 Å². The fourth-order valence-electron chi connectivity index (χ4n) is 2.28. The molecular weight excluding hydrogens is 419 g/mol. The Balaban J connectivity index is 1.54. The summed E-state index contributed by atoms with van der Waals surface area (Å²) in [6.45, 7) is 0.412. The minimum Gasteiger partial charge on any atom is -0.489 e. The number of hydrogen-bond acceptors (Lipinski definition) is 3. The molecule has 0 radical (unpaired) electrons. The molecule has 0 saturated carbocycles. The third-order valence-electron chi connectivity index (χ3n) is 3.77. The summed E-state index contributed by atoms with van der Waals surface area (Å²) in [5.41, 5.74) is 4.57. The lowest BCUT2D eigenvalue weighted by Gasteiger charge is -2.07. The van der Waals surface area contributed by atoms with Gasteiger partial charge in [-0.3, -0.25) is 4.79 Å². The number of amides is 1. The van der Waals surface area contributed by atoms with Crippen LogP contribution in [0, 0.1) is 0 Å². The monoisotopic (exact) mass is 432 g/mol. The maximum atomic E-state index is 12.2. The van der Waals surface area contributed by atoms with Gasteiger partial charge in [0.2, 0.25) is 0 Å². The maximum Gasteiger partial charge on any atom is 0.271 e. The third kappa shape index (κ3) is 5.73. The average molecular weight is 434 g/mol. The molecule has 0 heterocycles. The number of ether oxygens (including phenoxy) is 1. The van der Waals surface area contributed by atoms with Crippen molar-refractivity contribution in [3.63, 3.8) is 0 Å². The molecule has 0 aliphatic heterocycles. The van der Waals surface area contributed by atoms with Crippen LogP contribution in [0.3, 0.4) is 0 Å². The zero-order chi connectivity index (χ0) is 19.9. The summed E-state index contributed by atoms with van der Waals surface area (Å²) in [5.74, 6) is 0.313. The molecule has 0 unspecified atom stereocenters. The van der Waals surface area contributed by atoms with Gasteiger partial charge in [-0.2, -0.15) is 5.10 Å². The highest BCUT2D eigenvalue weighted by atomic mass is 35.5. The van der Waals surface area contributed by atoms with E-state index >= 15 is 0 Å². The van der Waals surface area contributed by atoms with Crippen molar-refractivity contribution in [2.45, 2.75) is 6.61 Å². The Morgan fingerprint density at radius 1 is 0.929 bits per heavy atom. The first-order valence-electron chi connectivity index (χ1n) is 8.27. The second kappa shape index (κ2) is 9.60. The number of carbonyl (C=O) groups is 1. The first-order valence-corrected chi connectivity index (χ1v) is 9.40. The van der Waals surface area contributed by atoms with E-state index in [1.165, 1.54) is 6.21 Å². The van der Waals surface area contributed by atoms with E-state index in [4.69, 9.17) is 39.5 Å². The number of hydrogen-bond donors (Lipinski definition) is 1. The zero-order valence-electron chi connectivity index (χ0n) is 14.5. The molecule has 28 heavy (non-hydrogen) atoms. The van der Waals surface area contributed by atoms with Gasteiger partial charge in [-0.25, -0.2) is 5.43 Å². The number of hydrazone groups is 1. The summed E-state index contributed by atoms with van der Waals surface area (Å²) in [4.78, 5) is 12.2. The fourth-order valence-corrected chi connectivity index (χ4v) is 2.86. The number of nitrogens with one attached hydrogen (secondary N) is 1. The Morgan fingerprint density at radius 2 is 1.61 bits per heavy atom. The highest BCUT2D eigenvalue weighted by Gasteiger charge is 2.05. The molecule has 1 N–H and O–H groups in total. The molecule has 0 atom stereocenters. The Labute approximate surface area is 177 Å². The van der Waals surface area contributed by atoms with Crippen LogP contribution in [0.4, 0.5) is 0 Å². The van der Waals surface area contributed by atoms with E-state index in [1.54, 1.807) is 42.5 Å². The van der Waals surface area contributed by atoms with Crippen molar-refractivity contribution >= 4 is 46.9 Å². The zero-order valence-corrected chi connectivity index (χ0v) is 16.8. The van der Waals surface area contributed by atoms with E-state index in [-0.39, 0.29) is 5.91 Å². The predicted octanol–water partition coefficient (Wildman–Crippen LogP) is 5.99. The van der Waals surface area contributed by atoms with Crippen LogP contribution >= 0.6 is 34.8 Å². The summed E-state index contributed by atoms with van der Waals surface area (Å²) in [7, 11) is 0. The molecule has 0 bridgehead atoms. The second-order valence-electron chi connectivity index (χ2n) is 5.80. The van der Waals surface area contributed by atoms with Crippen LogP contribution < -0.4 is 10.2 Å². The minimum absolute atomic E-state index is 0.342. The van der Waals surface area contributed by atoms with Crippen molar-refractivity contribution in [1.82, 2.24) is 5.43 Å². The van der Waals surface area contributed by atoms with Crippen LogP contribution in [0.2, 0.25) is 15.1 Å². The van der Waals surface area contributed by atoms with Crippen LogP contribution in [0.5, 0.6) is 5.75 Å². The summed E-state index contributed by atoms with van der Waals surface area (Å²) in [6.07, 6.45) is 1.46. The molecule has 0 aliphatic carbocycles. The van der Waals surface area contributed by atoms with Gasteiger partial charge < -0.3 is 4.74 Å². The molecular formula is C21H15Cl3N2O2. The van der Waals surface area contributed by atoms with Gasteiger partial charge in [0.25, 0.3) is 5.91 Å². The second-order valence-corrected chi connectivity index (χ2v) is 7.08. The van der Waals surface area contributed by atoms with Crippen LogP contribution in [0.25, 0.3) is 0 Å². The summed E-state index contributed by atoms with van der Waals surface area (Å²) < 4.78 is 5.70. The molecule has 3 aromatic rings. The molecule has 0 saturated heterocycles. The van der Waals surface area contributed by atoms with Crippen LogP contribution in [0.1, 0.15) is 21.5 Å². The van der Waals surface area contributed by atoms with Crippen molar-refractivity contribution in [3.05, 3.63) is 98.5 Å². The van der Waals surface area contributed by atoms with Crippen molar-refractivity contribution in [3.8, 4) is 5.75 Å². The van der Waals surface area contributed by atoms with Gasteiger partial charge in [0.05, 0.1) is 11.2 Å². The molecule has 142 valence electrons. The molecule has 7 heteroatoms. The van der Waals surface area contributed by atoms with Crippen molar-refractivity contribution < 1.29 is 9.53 Å². The Kier molecular flexibility index (Phi) is 6.93. The Morgan fingerprint density at radius 3 is 2.29 bits per heavy atom. The Bertz CT molecular complexity index is 988. The lowest BCUT2D eigenvalue weighted by Crippen LogP contribution is -2.17. The highest BCUT2D eigenvalue weighted by Crippen LogP contribution is 2.19. The molecule has 0 fully saturated rings. The molecule has 1 amide bonds. The van der Waals surface area contributed by atoms with E-state index in [2.05, 4.69) is 10.5 Å².